The van der Waals surface area contributed by atoms with E-state index in [0.29, 0.717) is 0 Å². The van der Waals surface area contributed by atoms with Crippen LogP contribution in [0.2, 0.25) is 0 Å². The lowest BCUT2D eigenvalue weighted by Crippen LogP contribution is -2.32. The zero-order chi connectivity index (χ0) is 11.4. The first kappa shape index (κ1) is 11.6. The van der Waals surface area contributed by atoms with Crippen LogP contribution in [0.4, 0.5) is 0 Å². The standard InChI is InChI=1S/C13H23N3/c1-3-16-13(8-9-15-16)10-14-12-6-4-11(2)5-7-12/h8-9,11-12,14H,3-7,10H2,1-2H3. The Bertz CT molecular complexity index is 311. The molecule has 0 unspecified atom stereocenters. The quantitative estimate of drug-likeness (QED) is 0.847. The Balaban J connectivity index is 1.79. The second kappa shape index (κ2) is 5.48. The van der Waals surface area contributed by atoms with Gasteiger partial charge in [-0.1, -0.05) is 6.92 Å². The van der Waals surface area contributed by atoms with Gasteiger partial charge in [-0.3, -0.25) is 4.68 Å². The highest BCUT2D eigenvalue weighted by atomic mass is 15.3. The Hall–Kier alpha value is -0.830. The number of nitrogens with zero attached hydrogens (tertiary/aromatic N) is 2. The second-order valence-electron chi connectivity index (χ2n) is 4.98. The lowest BCUT2D eigenvalue weighted by atomic mass is 9.87. The summed E-state index contributed by atoms with van der Waals surface area (Å²) in [6.45, 7) is 6.43. The van der Waals surface area contributed by atoms with Gasteiger partial charge in [-0.25, -0.2) is 0 Å². The molecule has 1 aromatic heterocycles. The summed E-state index contributed by atoms with van der Waals surface area (Å²) in [6, 6.07) is 2.83. The fourth-order valence-electron chi connectivity index (χ4n) is 2.51. The van der Waals surface area contributed by atoms with Gasteiger partial charge < -0.3 is 5.32 Å². The maximum atomic E-state index is 4.29. The van der Waals surface area contributed by atoms with Gasteiger partial charge in [-0.2, -0.15) is 5.10 Å². The maximum Gasteiger partial charge on any atom is 0.0522 e. The van der Waals surface area contributed by atoms with Gasteiger partial charge in [0, 0.05) is 25.3 Å². The van der Waals surface area contributed by atoms with Crippen molar-refractivity contribution in [3.05, 3.63) is 18.0 Å². The van der Waals surface area contributed by atoms with Crippen molar-refractivity contribution in [2.75, 3.05) is 0 Å². The van der Waals surface area contributed by atoms with Crippen LogP contribution in [0.25, 0.3) is 0 Å². The van der Waals surface area contributed by atoms with Crippen LogP contribution in [0.15, 0.2) is 12.3 Å². The van der Waals surface area contributed by atoms with E-state index in [0.717, 1.165) is 25.0 Å². The van der Waals surface area contributed by atoms with Crippen LogP contribution in [0.5, 0.6) is 0 Å². The fraction of sp³-hybridized carbons (Fsp3) is 0.769. The SMILES string of the molecule is CCn1nccc1CNC1CCC(C)CC1. The molecule has 0 atom stereocenters. The smallest absolute Gasteiger partial charge is 0.0522 e. The highest BCUT2D eigenvalue weighted by Crippen LogP contribution is 2.23. The van der Waals surface area contributed by atoms with Crippen LogP contribution < -0.4 is 5.32 Å². The first-order valence-electron chi connectivity index (χ1n) is 6.53. The minimum absolute atomic E-state index is 0.719. The highest BCUT2D eigenvalue weighted by Gasteiger charge is 2.17. The van der Waals surface area contributed by atoms with Crippen molar-refractivity contribution in [1.82, 2.24) is 15.1 Å². The van der Waals surface area contributed by atoms with Gasteiger partial charge in [0.15, 0.2) is 0 Å². The monoisotopic (exact) mass is 221 g/mol. The third-order valence-electron chi connectivity index (χ3n) is 3.69. The van der Waals surface area contributed by atoms with Crippen LogP contribution in [0, 0.1) is 5.92 Å². The fourth-order valence-corrected chi connectivity index (χ4v) is 2.51. The molecule has 1 fully saturated rings. The molecule has 1 saturated carbocycles. The summed E-state index contributed by atoms with van der Waals surface area (Å²) in [4.78, 5) is 0. The van der Waals surface area contributed by atoms with Gasteiger partial charge in [0.1, 0.15) is 0 Å². The van der Waals surface area contributed by atoms with Crippen molar-refractivity contribution in [3.63, 3.8) is 0 Å². The Morgan fingerprint density at radius 3 is 2.81 bits per heavy atom. The lowest BCUT2D eigenvalue weighted by molar-refractivity contribution is 0.304. The minimum atomic E-state index is 0.719. The molecule has 0 aromatic carbocycles. The normalized spacial score (nSPS) is 25.9. The van der Waals surface area contributed by atoms with E-state index in [4.69, 9.17) is 0 Å². The topological polar surface area (TPSA) is 29.9 Å². The molecule has 0 aliphatic heterocycles. The molecule has 3 nitrogen and oxygen atoms in total. The van der Waals surface area contributed by atoms with Crippen LogP contribution in [0.1, 0.15) is 45.2 Å². The Kier molecular flexibility index (Phi) is 3.99. The average Bonchev–Trinajstić information content (AvgIpc) is 2.76. The summed E-state index contributed by atoms with van der Waals surface area (Å²) < 4.78 is 2.07. The van der Waals surface area contributed by atoms with Crippen LogP contribution in [0.3, 0.4) is 0 Å². The summed E-state index contributed by atoms with van der Waals surface area (Å²) >= 11 is 0. The van der Waals surface area contributed by atoms with Crippen molar-refractivity contribution < 1.29 is 0 Å². The zero-order valence-corrected chi connectivity index (χ0v) is 10.4. The number of aryl methyl sites for hydroxylation is 1. The molecule has 16 heavy (non-hydrogen) atoms. The Morgan fingerprint density at radius 1 is 1.38 bits per heavy atom. The van der Waals surface area contributed by atoms with Crippen molar-refractivity contribution in [2.45, 2.75) is 58.7 Å². The number of nitrogens with one attached hydrogen (secondary N) is 1. The van der Waals surface area contributed by atoms with Crippen LogP contribution in [-0.4, -0.2) is 15.8 Å². The first-order valence-corrected chi connectivity index (χ1v) is 6.53. The number of aromatic nitrogens is 2. The molecule has 0 amide bonds. The number of hydrogen-bond donors (Lipinski definition) is 1. The van der Waals surface area contributed by atoms with Crippen LogP contribution in [-0.2, 0) is 13.1 Å². The predicted octanol–water partition coefficient (Wildman–Crippen LogP) is 2.57. The Morgan fingerprint density at radius 2 is 2.12 bits per heavy atom. The van der Waals surface area contributed by atoms with Gasteiger partial charge in [0.25, 0.3) is 0 Å². The third kappa shape index (κ3) is 2.85. The molecule has 3 heteroatoms. The zero-order valence-electron chi connectivity index (χ0n) is 10.4. The van der Waals surface area contributed by atoms with Gasteiger partial charge in [-0.05, 0) is 44.6 Å². The summed E-state index contributed by atoms with van der Waals surface area (Å²) in [7, 11) is 0. The van der Waals surface area contributed by atoms with E-state index in [1.165, 1.54) is 31.4 Å². The summed E-state index contributed by atoms with van der Waals surface area (Å²) in [5, 5.41) is 7.95. The molecule has 1 aromatic rings. The summed E-state index contributed by atoms with van der Waals surface area (Å²) in [5.41, 5.74) is 1.31. The molecule has 2 rings (SSSR count). The molecular formula is C13H23N3. The van der Waals surface area contributed by atoms with Crippen molar-refractivity contribution in [3.8, 4) is 0 Å². The molecule has 1 aliphatic rings. The van der Waals surface area contributed by atoms with Gasteiger partial charge >= 0.3 is 0 Å². The number of rotatable bonds is 4. The first-order chi connectivity index (χ1) is 7.79. The molecule has 1 N–H and O–H groups in total. The van der Waals surface area contributed by atoms with E-state index in [9.17, 15) is 0 Å². The molecule has 0 bridgehead atoms. The van der Waals surface area contributed by atoms with Gasteiger partial charge in [-0.15, -0.1) is 0 Å². The Labute approximate surface area is 98.2 Å². The molecule has 0 radical (unpaired) electrons. The highest BCUT2D eigenvalue weighted by molar-refractivity contribution is 5.00. The lowest BCUT2D eigenvalue weighted by Gasteiger charge is -2.27. The molecule has 0 saturated heterocycles. The summed E-state index contributed by atoms with van der Waals surface area (Å²) in [5.74, 6) is 0.930. The average molecular weight is 221 g/mol. The molecule has 0 spiro atoms. The molecule has 1 aliphatic carbocycles. The van der Waals surface area contributed by atoms with Gasteiger partial charge in [0.2, 0.25) is 0 Å². The number of hydrogen-bond acceptors (Lipinski definition) is 2. The second-order valence-corrected chi connectivity index (χ2v) is 4.98. The van der Waals surface area contributed by atoms with Crippen molar-refractivity contribution in [1.29, 1.82) is 0 Å². The third-order valence-corrected chi connectivity index (χ3v) is 3.69. The van der Waals surface area contributed by atoms with E-state index in [1.807, 2.05) is 6.20 Å². The van der Waals surface area contributed by atoms with E-state index in [2.05, 4.69) is 35.0 Å². The van der Waals surface area contributed by atoms with E-state index in [1.54, 1.807) is 0 Å². The summed E-state index contributed by atoms with van der Waals surface area (Å²) in [6.07, 6.45) is 7.32. The largest absolute Gasteiger partial charge is 0.308 e. The van der Waals surface area contributed by atoms with Crippen molar-refractivity contribution in [2.24, 2.45) is 5.92 Å². The van der Waals surface area contributed by atoms with E-state index < -0.39 is 0 Å². The van der Waals surface area contributed by atoms with Crippen molar-refractivity contribution >= 4 is 0 Å². The predicted molar refractivity (Wildman–Crippen MR) is 66.2 cm³/mol. The van der Waals surface area contributed by atoms with Gasteiger partial charge in [0.05, 0.1) is 5.69 Å². The molecular weight excluding hydrogens is 198 g/mol. The van der Waals surface area contributed by atoms with Crippen LogP contribution >= 0.6 is 0 Å². The molecule has 90 valence electrons. The minimum Gasteiger partial charge on any atom is -0.308 e. The van der Waals surface area contributed by atoms with E-state index in [-0.39, 0.29) is 0 Å². The van der Waals surface area contributed by atoms with E-state index >= 15 is 0 Å². The maximum absolute atomic E-state index is 4.29. The molecule has 1 heterocycles.